The van der Waals surface area contributed by atoms with E-state index in [-0.39, 0.29) is 11.9 Å². The average Bonchev–Trinajstić information content (AvgIpc) is 2.78. The van der Waals surface area contributed by atoms with Crippen molar-refractivity contribution < 1.29 is 9.53 Å². The number of rotatable bonds is 3. The average molecular weight is 176 g/mol. The van der Waals surface area contributed by atoms with Crippen molar-refractivity contribution in [3.63, 3.8) is 0 Å². The molecule has 0 aromatic rings. The first kappa shape index (κ1) is 8.56. The third-order valence-electron chi connectivity index (χ3n) is 2.02. The van der Waals surface area contributed by atoms with Gasteiger partial charge >= 0.3 is 5.97 Å². The molecular weight excluding hydrogens is 166 g/mol. The molecule has 2 atom stereocenters. The summed E-state index contributed by atoms with van der Waals surface area (Å²) < 4.78 is 4.57. The first-order valence-corrected chi connectivity index (χ1v) is 3.68. The number of halogens is 1. The predicted octanol–water partition coefficient (Wildman–Crippen LogP) is 0.847. The van der Waals surface area contributed by atoms with Gasteiger partial charge in [-0.3, -0.25) is 0 Å². The van der Waals surface area contributed by atoms with E-state index in [1.54, 1.807) is 6.08 Å². The molecular formula is C7H10ClNO2. The minimum atomic E-state index is -0.696. The molecule has 11 heavy (non-hydrogen) atoms. The van der Waals surface area contributed by atoms with Crippen LogP contribution in [-0.2, 0) is 9.53 Å². The molecule has 1 unspecified atom stereocenters. The maximum atomic E-state index is 11.1. The van der Waals surface area contributed by atoms with Crippen LogP contribution in [0, 0.1) is 5.92 Å². The maximum Gasteiger partial charge on any atom is 0.327 e. The van der Waals surface area contributed by atoms with Crippen LogP contribution in [0.5, 0.6) is 0 Å². The van der Waals surface area contributed by atoms with E-state index < -0.39 is 5.54 Å². The Morgan fingerprint density at radius 2 is 2.64 bits per heavy atom. The lowest BCUT2D eigenvalue weighted by Crippen LogP contribution is -2.36. The van der Waals surface area contributed by atoms with Crippen molar-refractivity contribution in [3.05, 3.63) is 12.7 Å². The number of ether oxygens (including phenoxy) is 1. The van der Waals surface area contributed by atoms with Gasteiger partial charge in [0.25, 0.3) is 0 Å². The van der Waals surface area contributed by atoms with E-state index in [2.05, 4.69) is 16.2 Å². The molecule has 62 valence electrons. The van der Waals surface area contributed by atoms with Gasteiger partial charge < -0.3 is 4.74 Å². The first-order chi connectivity index (χ1) is 5.21. The topological polar surface area (TPSA) is 38.3 Å². The summed E-state index contributed by atoms with van der Waals surface area (Å²) in [6, 6.07) is 0. The molecule has 0 radical (unpaired) electrons. The van der Waals surface area contributed by atoms with Crippen LogP contribution in [0.15, 0.2) is 12.7 Å². The van der Waals surface area contributed by atoms with Crippen molar-refractivity contribution in [1.82, 2.24) is 4.84 Å². The summed E-state index contributed by atoms with van der Waals surface area (Å²) >= 11 is 5.40. The van der Waals surface area contributed by atoms with Crippen LogP contribution < -0.4 is 4.84 Å². The molecule has 0 spiro atoms. The zero-order valence-corrected chi connectivity index (χ0v) is 7.02. The summed E-state index contributed by atoms with van der Waals surface area (Å²) in [6.45, 7) is 3.58. The van der Waals surface area contributed by atoms with Gasteiger partial charge in [-0.05, 0) is 18.2 Å². The second-order valence-corrected chi connectivity index (χ2v) is 2.79. The fourth-order valence-electron chi connectivity index (χ4n) is 1.14. The van der Waals surface area contributed by atoms with Gasteiger partial charge in [0, 0.05) is 5.92 Å². The second-order valence-electron chi connectivity index (χ2n) is 2.60. The molecule has 1 fully saturated rings. The minimum Gasteiger partial charge on any atom is -0.468 e. The zero-order chi connectivity index (χ0) is 8.48. The van der Waals surface area contributed by atoms with Crippen LogP contribution in [-0.4, -0.2) is 18.6 Å². The number of hydrogen-bond donors (Lipinski definition) is 1. The summed E-state index contributed by atoms with van der Waals surface area (Å²) in [5.41, 5.74) is -0.696. The number of carbonyl (C=O) groups excluding carboxylic acids is 1. The van der Waals surface area contributed by atoms with E-state index in [4.69, 9.17) is 11.8 Å². The number of methoxy groups -OCH3 is 1. The van der Waals surface area contributed by atoms with Crippen molar-refractivity contribution in [2.45, 2.75) is 12.0 Å². The summed E-state index contributed by atoms with van der Waals surface area (Å²) in [7, 11) is 1.34. The Labute approximate surface area is 70.5 Å². The molecule has 3 nitrogen and oxygen atoms in total. The normalized spacial score (nSPS) is 34.5. The van der Waals surface area contributed by atoms with Gasteiger partial charge in [-0.15, -0.1) is 6.58 Å². The molecule has 0 saturated heterocycles. The van der Waals surface area contributed by atoms with Crippen LogP contribution in [0.2, 0.25) is 0 Å². The molecule has 0 aromatic heterocycles. The molecule has 0 aliphatic heterocycles. The molecule has 0 heterocycles. The quantitative estimate of drug-likeness (QED) is 0.393. The molecule has 1 N–H and O–H groups in total. The Balaban J connectivity index is 2.66. The molecule has 0 aromatic carbocycles. The van der Waals surface area contributed by atoms with Gasteiger partial charge in [0.1, 0.15) is 5.54 Å². The van der Waals surface area contributed by atoms with Crippen LogP contribution in [0.4, 0.5) is 0 Å². The highest BCUT2D eigenvalue weighted by Gasteiger charge is 2.59. The SMILES string of the molecule is C=C[C@@H]1CC1(NCl)C(=O)OC. The first-order valence-electron chi connectivity index (χ1n) is 3.30. The molecule has 1 saturated carbocycles. The lowest BCUT2D eigenvalue weighted by atomic mass is 10.2. The Morgan fingerprint density at radius 1 is 2.00 bits per heavy atom. The fraction of sp³-hybridized carbons (Fsp3) is 0.571. The highest BCUT2D eigenvalue weighted by Crippen LogP contribution is 2.45. The standard InChI is InChI=1S/C7H10ClNO2/c1-3-5-4-7(5,9-8)6(10)11-2/h3,5,9H,1,4H2,2H3/t5-,7?/m1/s1. The highest BCUT2D eigenvalue weighted by atomic mass is 35.5. The number of nitrogens with one attached hydrogen (secondary N) is 1. The van der Waals surface area contributed by atoms with Crippen LogP contribution in [0.1, 0.15) is 6.42 Å². The van der Waals surface area contributed by atoms with Crippen molar-refractivity contribution in [2.24, 2.45) is 5.92 Å². The molecule has 1 rings (SSSR count). The third-order valence-corrected chi connectivity index (χ3v) is 2.35. The van der Waals surface area contributed by atoms with Crippen LogP contribution in [0.25, 0.3) is 0 Å². The summed E-state index contributed by atoms with van der Waals surface area (Å²) in [5.74, 6) is -0.218. The van der Waals surface area contributed by atoms with Crippen LogP contribution in [0.3, 0.4) is 0 Å². The number of hydrogen-bond acceptors (Lipinski definition) is 3. The zero-order valence-electron chi connectivity index (χ0n) is 6.26. The van der Waals surface area contributed by atoms with Gasteiger partial charge in [-0.25, -0.2) is 9.63 Å². The van der Waals surface area contributed by atoms with Crippen molar-refractivity contribution >= 4 is 17.7 Å². The Bertz CT molecular complexity index is 195. The predicted molar refractivity (Wildman–Crippen MR) is 42.0 cm³/mol. The van der Waals surface area contributed by atoms with Crippen LogP contribution >= 0.6 is 11.8 Å². The summed E-state index contributed by atoms with van der Waals surface area (Å²) in [6.07, 6.45) is 2.37. The molecule has 0 bridgehead atoms. The van der Waals surface area contributed by atoms with Gasteiger partial charge in [0.2, 0.25) is 0 Å². The van der Waals surface area contributed by atoms with Crippen molar-refractivity contribution in [1.29, 1.82) is 0 Å². The summed E-state index contributed by atoms with van der Waals surface area (Å²) in [5, 5.41) is 0. The lowest BCUT2D eigenvalue weighted by Gasteiger charge is -2.09. The minimum absolute atomic E-state index is 0.104. The van der Waals surface area contributed by atoms with Gasteiger partial charge in [-0.1, -0.05) is 6.08 Å². The molecule has 4 heteroatoms. The van der Waals surface area contributed by atoms with E-state index in [1.165, 1.54) is 7.11 Å². The number of esters is 1. The third kappa shape index (κ3) is 1.14. The molecule has 1 aliphatic rings. The smallest absolute Gasteiger partial charge is 0.327 e. The Kier molecular flexibility index (Phi) is 2.20. The van der Waals surface area contributed by atoms with Gasteiger partial charge in [0.15, 0.2) is 0 Å². The maximum absolute atomic E-state index is 11.1. The number of carbonyl (C=O) groups is 1. The second kappa shape index (κ2) is 2.83. The van der Waals surface area contributed by atoms with E-state index >= 15 is 0 Å². The monoisotopic (exact) mass is 175 g/mol. The lowest BCUT2D eigenvalue weighted by molar-refractivity contribution is -0.144. The molecule has 0 amide bonds. The van der Waals surface area contributed by atoms with Gasteiger partial charge in [0.05, 0.1) is 7.11 Å². The summed E-state index contributed by atoms with van der Waals surface area (Å²) in [4.78, 5) is 13.5. The Morgan fingerprint density at radius 3 is 2.91 bits per heavy atom. The van der Waals surface area contributed by atoms with E-state index in [9.17, 15) is 4.79 Å². The van der Waals surface area contributed by atoms with E-state index in [0.717, 1.165) is 0 Å². The van der Waals surface area contributed by atoms with E-state index in [0.29, 0.717) is 6.42 Å². The van der Waals surface area contributed by atoms with Crippen molar-refractivity contribution in [3.8, 4) is 0 Å². The molecule has 1 aliphatic carbocycles. The van der Waals surface area contributed by atoms with E-state index in [1.807, 2.05) is 0 Å². The largest absolute Gasteiger partial charge is 0.468 e. The Hall–Kier alpha value is -0.540. The van der Waals surface area contributed by atoms with Crippen molar-refractivity contribution in [2.75, 3.05) is 7.11 Å². The fourth-order valence-corrected chi connectivity index (χ4v) is 1.43. The highest BCUT2D eigenvalue weighted by molar-refractivity contribution is 6.16. The van der Waals surface area contributed by atoms with Gasteiger partial charge in [-0.2, -0.15) is 0 Å².